The van der Waals surface area contributed by atoms with Crippen molar-refractivity contribution in [3.63, 3.8) is 0 Å². The van der Waals surface area contributed by atoms with Crippen LogP contribution in [0.15, 0.2) is 10.8 Å². The summed E-state index contributed by atoms with van der Waals surface area (Å²) in [7, 11) is 0. The third kappa shape index (κ3) is 1.40. The molecule has 2 aliphatic carbocycles. The smallest absolute Gasteiger partial charge is 0.182 e. The van der Waals surface area contributed by atoms with Gasteiger partial charge in [-0.05, 0) is 67.1 Å². The summed E-state index contributed by atoms with van der Waals surface area (Å²) in [5.74, 6) is 2.19. The lowest BCUT2D eigenvalue weighted by Crippen LogP contribution is -2.26. The number of oxazole rings is 1. The first-order valence-electron chi connectivity index (χ1n) is 7.57. The van der Waals surface area contributed by atoms with Gasteiger partial charge in [-0.3, -0.25) is 0 Å². The molecule has 0 amide bonds. The van der Waals surface area contributed by atoms with Crippen LogP contribution in [0.25, 0.3) is 11.1 Å². The SMILES string of the molecule is Cc1c2c3c(c4ocnc14)[C@@H](C)CC[C@@H]3[C@@H](C)CC2. The predicted octanol–water partition coefficient (Wildman–Crippen LogP) is 4.70. The van der Waals surface area contributed by atoms with Gasteiger partial charge in [0.25, 0.3) is 0 Å². The number of benzene rings is 1. The summed E-state index contributed by atoms with van der Waals surface area (Å²) in [5.41, 5.74) is 8.26. The van der Waals surface area contributed by atoms with Gasteiger partial charge in [-0.1, -0.05) is 13.8 Å². The van der Waals surface area contributed by atoms with Crippen LogP contribution in [0.1, 0.15) is 67.2 Å². The molecule has 0 spiro atoms. The van der Waals surface area contributed by atoms with Crippen LogP contribution in [0.5, 0.6) is 0 Å². The summed E-state index contributed by atoms with van der Waals surface area (Å²) in [6.07, 6.45) is 6.82. The topological polar surface area (TPSA) is 26.0 Å². The molecule has 1 heterocycles. The Morgan fingerprint density at radius 2 is 2.00 bits per heavy atom. The standard InChI is InChI=1S/C17H21NO/c1-9-4-7-13-11(3)16-17(19-8-18-16)14-10(2)5-6-12(9)15(13)14/h8-10,12H,4-7H2,1-3H3/t9-,10-,12+/m0/s1. The molecule has 0 saturated heterocycles. The molecule has 0 bridgehead atoms. The van der Waals surface area contributed by atoms with Crippen LogP contribution in [0, 0.1) is 12.8 Å². The van der Waals surface area contributed by atoms with Crippen LogP contribution in [-0.2, 0) is 6.42 Å². The summed E-state index contributed by atoms with van der Waals surface area (Å²) < 4.78 is 5.76. The highest BCUT2D eigenvalue weighted by Crippen LogP contribution is 2.51. The average molecular weight is 255 g/mol. The first kappa shape index (κ1) is 11.5. The predicted molar refractivity (Wildman–Crippen MR) is 76.6 cm³/mol. The molecule has 100 valence electrons. The Kier molecular flexibility index (Phi) is 2.33. The minimum atomic E-state index is 0.617. The lowest BCUT2D eigenvalue weighted by molar-refractivity contribution is 0.346. The molecular formula is C17H21NO. The Morgan fingerprint density at radius 3 is 2.84 bits per heavy atom. The van der Waals surface area contributed by atoms with E-state index in [2.05, 4.69) is 25.8 Å². The summed E-state index contributed by atoms with van der Waals surface area (Å²) >= 11 is 0. The van der Waals surface area contributed by atoms with Crippen molar-refractivity contribution in [2.45, 2.75) is 58.3 Å². The van der Waals surface area contributed by atoms with Crippen molar-refractivity contribution in [2.24, 2.45) is 5.92 Å². The maximum absolute atomic E-state index is 5.76. The van der Waals surface area contributed by atoms with Gasteiger partial charge in [-0.15, -0.1) is 0 Å². The highest BCUT2D eigenvalue weighted by Gasteiger charge is 2.37. The molecule has 2 aliphatic rings. The second kappa shape index (κ2) is 3.84. The molecule has 19 heavy (non-hydrogen) atoms. The van der Waals surface area contributed by atoms with Crippen LogP contribution >= 0.6 is 0 Å². The van der Waals surface area contributed by atoms with E-state index >= 15 is 0 Å². The van der Waals surface area contributed by atoms with E-state index in [1.807, 2.05) is 0 Å². The molecule has 2 heteroatoms. The zero-order valence-corrected chi connectivity index (χ0v) is 12.0. The maximum atomic E-state index is 5.76. The van der Waals surface area contributed by atoms with E-state index in [9.17, 15) is 0 Å². The zero-order valence-electron chi connectivity index (χ0n) is 12.0. The van der Waals surface area contributed by atoms with Crippen LogP contribution in [-0.4, -0.2) is 4.98 Å². The first-order chi connectivity index (χ1) is 9.18. The molecule has 0 unspecified atom stereocenters. The van der Waals surface area contributed by atoms with E-state index in [1.54, 1.807) is 17.5 Å². The molecule has 0 radical (unpaired) electrons. The second-order valence-corrected chi connectivity index (χ2v) is 6.56. The summed E-state index contributed by atoms with van der Waals surface area (Å²) in [6.45, 7) is 7.00. The highest BCUT2D eigenvalue weighted by molar-refractivity contribution is 5.84. The van der Waals surface area contributed by atoms with Crippen molar-refractivity contribution >= 4 is 11.1 Å². The third-order valence-corrected chi connectivity index (χ3v) is 5.55. The number of rotatable bonds is 0. The molecule has 0 N–H and O–H groups in total. The third-order valence-electron chi connectivity index (χ3n) is 5.55. The van der Waals surface area contributed by atoms with E-state index in [-0.39, 0.29) is 0 Å². The van der Waals surface area contributed by atoms with E-state index in [0.717, 1.165) is 22.9 Å². The fourth-order valence-corrected chi connectivity index (χ4v) is 4.43. The summed E-state index contributed by atoms with van der Waals surface area (Å²) in [5, 5.41) is 0. The quantitative estimate of drug-likeness (QED) is 0.682. The van der Waals surface area contributed by atoms with Gasteiger partial charge in [-0.2, -0.15) is 0 Å². The fraction of sp³-hybridized carbons (Fsp3) is 0.588. The van der Waals surface area contributed by atoms with Crippen molar-refractivity contribution in [3.05, 3.63) is 28.6 Å². The number of hydrogen-bond donors (Lipinski definition) is 0. The Morgan fingerprint density at radius 1 is 1.16 bits per heavy atom. The number of aromatic nitrogens is 1. The number of nitrogens with zero attached hydrogens (tertiary/aromatic N) is 1. The number of aryl methyl sites for hydroxylation is 1. The fourth-order valence-electron chi connectivity index (χ4n) is 4.43. The number of fused-ring (bicyclic) bond motifs is 2. The summed E-state index contributed by atoms with van der Waals surface area (Å²) in [6, 6.07) is 0. The van der Waals surface area contributed by atoms with E-state index in [4.69, 9.17) is 4.42 Å². The van der Waals surface area contributed by atoms with Gasteiger partial charge in [0.1, 0.15) is 5.52 Å². The van der Waals surface area contributed by atoms with E-state index in [0.29, 0.717) is 5.92 Å². The lowest BCUT2D eigenvalue weighted by atomic mass is 9.65. The van der Waals surface area contributed by atoms with Gasteiger partial charge < -0.3 is 4.42 Å². The Labute approximate surface area is 114 Å². The van der Waals surface area contributed by atoms with E-state index in [1.165, 1.54) is 36.8 Å². The highest BCUT2D eigenvalue weighted by atomic mass is 16.3. The zero-order chi connectivity index (χ0) is 13.1. The molecule has 0 fully saturated rings. The molecular weight excluding hydrogens is 234 g/mol. The molecule has 2 aromatic rings. The van der Waals surface area contributed by atoms with Crippen LogP contribution in [0.4, 0.5) is 0 Å². The van der Waals surface area contributed by atoms with E-state index < -0.39 is 0 Å². The minimum absolute atomic E-state index is 0.617. The molecule has 4 rings (SSSR count). The van der Waals surface area contributed by atoms with Gasteiger partial charge >= 0.3 is 0 Å². The van der Waals surface area contributed by atoms with Gasteiger partial charge in [0.05, 0.1) is 0 Å². The van der Waals surface area contributed by atoms with Gasteiger partial charge in [0, 0.05) is 5.56 Å². The Bertz CT molecular complexity index is 655. The molecule has 3 atom stereocenters. The summed E-state index contributed by atoms with van der Waals surface area (Å²) in [4.78, 5) is 4.47. The normalized spacial score (nSPS) is 29.5. The molecule has 1 aromatic carbocycles. The maximum Gasteiger partial charge on any atom is 0.182 e. The Hall–Kier alpha value is -1.31. The number of hydrogen-bond acceptors (Lipinski definition) is 2. The van der Waals surface area contributed by atoms with Gasteiger partial charge in [0.15, 0.2) is 12.0 Å². The minimum Gasteiger partial charge on any atom is -0.443 e. The van der Waals surface area contributed by atoms with Crippen LogP contribution in [0.2, 0.25) is 0 Å². The largest absolute Gasteiger partial charge is 0.443 e. The van der Waals surface area contributed by atoms with Crippen LogP contribution < -0.4 is 0 Å². The van der Waals surface area contributed by atoms with Crippen molar-refractivity contribution in [1.82, 2.24) is 4.98 Å². The van der Waals surface area contributed by atoms with Crippen molar-refractivity contribution in [3.8, 4) is 0 Å². The average Bonchev–Trinajstić information content (AvgIpc) is 2.87. The molecule has 0 saturated carbocycles. The first-order valence-corrected chi connectivity index (χ1v) is 7.57. The second-order valence-electron chi connectivity index (χ2n) is 6.56. The lowest BCUT2D eigenvalue weighted by Gasteiger charge is -2.39. The van der Waals surface area contributed by atoms with Crippen molar-refractivity contribution in [2.75, 3.05) is 0 Å². The van der Waals surface area contributed by atoms with Crippen molar-refractivity contribution in [1.29, 1.82) is 0 Å². The molecule has 2 nitrogen and oxygen atoms in total. The molecule has 1 aromatic heterocycles. The van der Waals surface area contributed by atoms with Crippen molar-refractivity contribution < 1.29 is 4.42 Å². The van der Waals surface area contributed by atoms with Gasteiger partial charge in [0.2, 0.25) is 0 Å². The molecule has 0 aliphatic heterocycles. The Balaban J connectivity index is 2.13. The van der Waals surface area contributed by atoms with Crippen LogP contribution in [0.3, 0.4) is 0 Å². The van der Waals surface area contributed by atoms with Gasteiger partial charge in [-0.25, -0.2) is 4.98 Å². The monoisotopic (exact) mass is 255 g/mol.